The molecular weight excluding hydrogens is 653 g/mol. The van der Waals surface area contributed by atoms with Gasteiger partial charge in [-0.15, -0.1) is 8.42 Å². The summed E-state index contributed by atoms with van der Waals surface area (Å²) in [5.41, 5.74) is -0.382. The van der Waals surface area contributed by atoms with E-state index in [4.69, 9.17) is 22.6 Å². The highest BCUT2D eigenvalue weighted by molar-refractivity contribution is 8.32. The van der Waals surface area contributed by atoms with Crippen LogP contribution in [0.3, 0.4) is 0 Å². The summed E-state index contributed by atoms with van der Waals surface area (Å²) < 4.78 is 55.0. The molecule has 1 N–H and O–H groups in total. The fraction of sp³-hybridized carbons (Fsp3) is 0.297. The molecule has 0 radical (unpaired) electrons. The van der Waals surface area contributed by atoms with Gasteiger partial charge in [-0.25, -0.2) is 9.59 Å². The van der Waals surface area contributed by atoms with Crippen LogP contribution in [0.5, 0.6) is 11.5 Å². The molecule has 0 aliphatic carbocycles. The van der Waals surface area contributed by atoms with Crippen molar-refractivity contribution in [3.05, 3.63) is 109 Å². The van der Waals surface area contributed by atoms with Gasteiger partial charge in [-0.2, -0.15) is 0 Å². The molecule has 0 unspecified atom stereocenters. The third-order valence-electron chi connectivity index (χ3n) is 6.50. The molecule has 0 saturated carbocycles. The molecule has 11 heteroatoms. The van der Waals surface area contributed by atoms with Crippen molar-refractivity contribution in [3.63, 3.8) is 0 Å². The maximum atomic E-state index is 14.1. The highest BCUT2D eigenvalue weighted by Gasteiger charge is 2.43. The molecule has 0 spiro atoms. The molecule has 0 aromatic heterocycles. The van der Waals surface area contributed by atoms with E-state index in [0.29, 0.717) is 26.2 Å². The number of aryl methyl sites for hydroxylation is 1. The molecular formula is C37H43O9S2+. The van der Waals surface area contributed by atoms with E-state index in [2.05, 4.69) is 0 Å². The molecule has 0 heterocycles. The van der Waals surface area contributed by atoms with Gasteiger partial charge < -0.3 is 18.9 Å². The lowest BCUT2D eigenvalue weighted by atomic mass is 10.2. The summed E-state index contributed by atoms with van der Waals surface area (Å²) in [6.07, 6.45) is 0. The highest BCUT2D eigenvalue weighted by atomic mass is 32.3. The lowest BCUT2D eigenvalue weighted by molar-refractivity contribution is -0.158. The maximum absolute atomic E-state index is 14.1. The van der Waals surface area contributed by atoms with Gasteiger partial charge in [-0.3, -0.25) is 3.63 Å². The molecule has 4 aromatic carbocycles. The summed E-state index contributed by atoms with van der Waals surface area (Å²) in [5.74, 6) is -0.218. The van der Waals surface area contributed by atoms with Crippen molar-refractivity contribution in [2.45, 2.75) is 79.3 Å². The number of hydrogen-bond acceptors (Lipinski definition) is 8. The second-order valence-electron chi connectivity index (χ2n) is 12.9. The number of hydrogen-bond donors (Lipinski definition) is 0. The van der Waals surface area contributed by atoms with Crippen molar-refractivity contribution >= 4 is 32.4 Å². The summed E-state index contributed by atoms with van der Waals surface area (Å²) in [4.78, 5) is 26.5. The van der Waals surface area contributed by atoms with Crippen molar-refractivity contribution < 1.29 is 40.6 Å². The Morgan fingerprint density at radius 1 is 0.562 bits per heavy atom. The van der Waals surface area contributed by atoms with Crippen LogP contribution in [0, 0.1) is 6.92 Å². The molecule has 0 bridgehead atoms. The number of esters is 2. The van der Waals surface area contributed by atoms with E-state index >= 15 is 0 Å². The SMILES string of the molecule is Cc1ccc(S(=O)(=O)[OH+]S(c2ccccc2)(c2ccc(OCC(=O)OC(C)(C)C)cc2)c2ccc(OCC(=O)OC(C)(C)C)cc2)cc1. The van der Waals surface area contributed by atoms with Gasteiger partial charge in [0.25, 0.3) is 0 Å². The Bertz CT molecular complexity index is 1710. The lowest BCUT2D eigenvalue weighted by Gasteiger charge is -2.35. The van der Waals surface area contributed by atoms with E-state index in [9.17, 15) is 18.0 Å². The van der Waals surface area contributed by atoms with E-state index < -0.39 is 43.6 Å². The van der Waals surface area contributed by atoms with E-state index in [0.717, 1.165) is 5.56 Å². The first-order chi connectivity index (χ1) is 22.5. The van der Waals surface area contributed by atoms with Crippen LogP contribution in [0.25, 0.3) is 0 Å². The molecule has 0 amide bonds. The van der Waals surface area contributed by atoms with Gasteiger partial charge in [0.1, 0.15) is 27.6 Å². The van der Waals surface area contributed by atoms with Crippen molar-refractivity contribution in [1.82, 2.24) is 0 Å². The largest absolute Gasteiger partial charge is 0.482 e. The molecule has 4 rings (SSSR count). The quantitative estimate of drug-likeness (QED) is 0.0829. The van der Waals surface area contributed by atoms with Gasteiger partial charge in [0.15, 0.2) is 13.2 Å². The van der Waals surface area contributed by atoms with Gasteiger partial charge >= 0.3 is 22.1 Å². The van der Waals surface area contributed by atoms with Gasteiger partial charge in [0, 0.05) is 0 Å². The first-order valence-corrected chi connectivity index (χ1v) is 18.3. The van der Waals surface area contributed by atoms with Crippen LogP contribution in [0.15, 0.2) is 123 Å². The van der Waals surface area contributed by atoms with Gasteiger partial charge in [0.2, 0.25) is 0 Å². The summed E-state index contributed by atoms with van der Waals surface area (Å²) in [5, 5.41) is 0. The van der Waals surface area contributed by atoms with Crippen LogP contribution >= 0.6 is 10.3 Å². The summed E-state index contributed by atoms with van der Waals surface area (Å²) >= 11 is 0. The highest BCUT2D eigenvalue weighted by Crippen LogP contribution is 2.68. The molecule has 0 fully saturated rings. The topological polar surface area (TPSA) is 118 Å². The predicted molar refractivity (Wildman–Crippen MR) is 185 cm³/mol. The third kappa shape index (κ3) is 9.85. The minimum absolute atomic E-state index is 0.0653. The Balaban J connectivity index is 1.77. The second kappa shape index (κ2) is 14.8. The second-order valence-corrected chi connectivity index (χ2v) is 17.5. The molecule has 0 atom stereocenters. The Kier molecular flexibility index (Phi) is 11.3. The molecule has 256 valence electrons. The number of ether oxygens (including phenoxy) is 4. The smallest absolute Gasteiger partial charge is 0.422 e. The van der Waals surface area contributed by atoms with Gasteiger partial charge in [0.05, 0.1) is 25.0 Å². The molecule has 0 aliphatic rings. The predicted octanol–water partition coefficient (Wildman–Crippen LogP) is 8.12. The number of rotatable bonds is 12. The minimum atomic E-state index is -4.20. The Labute approximate surface area is 284 Å². The lowest BCUT2D eigenvalue weighted by Crippen LogP contribution is -2.27. The summed E-state index contributed by atoms with van der Waals surface area (Å²) in [6.45, 7) is 12.0. The van der Waals surface area contributed by atoms with Crippen LogP contribution in [-0.4, -0.2) is 48.4 Å². The molecule has 0 aliphatic heterocycles. The molecule has 0 saturated heterocycles. The standard InChI is InChI=1S/C37H42O9S2/c1-27-13-19-33(20-14-27)48(40,41)46-47(30-11-9-8-10-12-30,31-21-15-28(16-22-31)42-25-34(38)44-36(2,3)4)32-23-17-29(18-24-32)43-26-35(39)45-37(5,6)7/h8-24H,25-26H2,1-7H3/p+1. The van der Waals surface area contributed by atoms with Crippen LogP contribution in [0.4, 0.5) is 0 Å². The molecule has 9 nitrogen and oxygen atoms in total. The van der Waals surface area contributed by atoms with Crippen molar-refractivity contribution in [2.24, 2.45) is 0 Å². The molecule has 4 aromatic rings. The van der Waals surface area contributed by atoms with Gasteiger partial charge in [-0.1, -0.05) is 35.9 Å². The van der Waals surface area contributed by atoms with Crippen molar-refractivity contribution in [3.8, 4) is 11.5 Å². The van der Waals surface area contributed by atoms with E-state index in [1.165, 1.54) is 0 Å². The maximum Gasteiger partial charge on any atom is 0.422 e. The summed E-state index contributed by atoms with van der Waals surface area (Å²) in [7, 11) is -7.05. The fourth-order valence-electron chi connectivity index (χ4n) is 4.55. The van der Waals surface area contributed by atoms with Crippen molar-refractivity contribution in [2.75, 3.05) is 13.2 Å². The fourth-order valence-corrected chi connectivity index (χ4v) is 10.0. The Hall–Kier alpha value is -4.32. The van der Waals surface area contributed by atoms with E-state index in [1.807, 2.05) is 37.3 Å². The summed E-state index contributed by atoms with van der Waals surface area (Å²) in [6, 6.07) is 29.5. The van der Waals surface area contributed by atoms with Crippen LogP contribution in [0.1, 0.15) is 47.1 Å². The Morgan fingerprint density at radius 2 is 0.938 bits per heavy atom. The van der Waals surface area contributed by atoms with E-state index in [1.54, 1.807) is 114 Å². The monoisotopic (exact) mass is 695 g/mol. The first kappa shape index (κ1) is 36.5. The average molecular weight is 696 g/mol. The van der Waals surface area contributed by atoms with Crippen LogP contribution in [0.2, 0.25) is 0 Å². The third-order valence-corrected chi connectivity index (χ3v) is 11.9. The van der Waals surface area contributed by atoms with Crippen LogP contribution in [-0.2, 0) is 29.2 Å². The first-order valence-electron chi connectivity index (χ1n) is 15.3. The average Bonchev–Trinajstić information content (AvgIpc) is 3.01. The van der Waals surface area contributed by atoms with Gasteiger partial charge in [-0.05, 0) is 121 Å². The zero-order valence-electron chi connectivity index (χ0n) is 28.3. The number of carbonyl (C=O) groups is 2. The van der Waals surface area contributed by atoms with Crippen molar-refractivity contribution in [1.29, 1.82) is 0 Å². The zero-order valence-corrected chi connectivity index (χ0v) is 29.9. The van der Waals surface area contributed by atoms with Crippen LogP contribution < -0.4 is 9.47 Å². The van der Waals surface area contributed by atoms with E-state index in [-0.39, 0.29) is 18.1 Å². The minimum Gasteiger partial charge on any atom is -0.482 e. The molecule has 48 heavy (non-hydrogen) atoms. The Morgan fingerprint density at radius 3 is 1.33 bits per heavy atom. The number of benzene rings is 4. The number of carbonyl (C=O) groups excluding carboxylic acids is 2. The normalized spacial score (nSPS) is 12.6. The zero-order chi connectivity index (χ0) is 35.2.